The first-order chi connectivity index (χ1) is 9.42. The first kappa shape index (κ1) is 15.9. The van der Waals surface area contributed by atoms with Gasteiger partial charge in [0.2, 0.25) is 10.0 Å². The van der Waals surface area contributed by atoms with Crippen LogP contribution in [0.4, 0.5) is 0 Å². The third-order valence-electron chi connectivity index (χ3n) is 2.53. The number of thiophene rings is 1. The lowest BCUT2D eigenvalue weighted by Gasteiger charge is -2.06. The molecule has 0 amide bonds. The van der Waals surface area contributed by atoms with E-state index < -0.39 is 10.0 Å². The molecule has 1 aromatic carbocycles. The van der Waals surface area contributed by atoms with Crippen molar-refractivity contribution in [1.82, 2.24) is 4.72 Å². The molecule has 1 aromatic heterocycles. The van der Waals surface area contributed by atoms with Gasteiger partial charge in [-0.25, -0.2) is 13.1 Å². The van der Waals surface area contributed by atoms with E-state index in [9.17, 15) is 8.42 Å². The third-order valence-corrected chi connectivity index (χ3v) is 6.42. The van der Waals surface area contributed by atoms with Crippen molar-refractivity contribution in [3.05, 3.63) is 49.6 Å². The minimum absolute atomic E-state index is 0.139. The Morgan fingerprint density at radius 3 is 2.50 bits per heavy atom. The molecule has 4 nitrogen and oxygen atoms in total. The molecule has 0 radical (unpaired) electrons. The number of rotatable bonds is 5. The zero-order chi connectivity index (χ0) is 14.8. The molecule has 0 saturated heterocycles. The van der Waals surface area contributed by atoms with Gasteiger partial charge in [-0.15, -0.1) is 11.3 Å². The van der Waals surface area contributed by atoms with Crippen molar-refractivity contribution in [3.8, 4) is 0 Å². The second kappa shape index (κ2) is 6.55. The van der Waals surface area contributed by atoms with E-state index in [4.69, 9.17) is 16.7 Å². The maximum atomic E-state index is 12.2. The molecule has 2 aromatic rings. The lowest BCUT2D eigenvalue weighted by molar-refractivity contribution is 0.285. The summed E-state index contributed by atoms with van der Waals surface area (Å²) in [6, 6.07) is 8.38. The summed E-state index contributed by atoms with van der Waals surface area (Å²) in [6.45, 7) is -0.00772. The summed E-state index contributed by atoms with van der Waals surface area (Å²) in [4.78, 5) is 0.726. The van der Waals surface area contributed by atoms with E-state index in [-0.39, 0.29) is 18.0 Å². The summed E-state index contributed by atoms with van der Waals surface area (Å²) in [5, 5.41) is 9.64. The molecular weight excluding hydrogens is 386 g/mol. The van der Waals surface area contributed by atoms with Crippen LogP contribution in [0, 0.1) is 0 Å². The molecule has 0 saturated carbocycles. The number of aliphatic hydroxyl groups excluding tert-OH is 1. The van der Waals surface area contributed by atoms with Gasteiger partial charge in [-0.3, -0.25) is 0 Å². The van der Waals surface area contributed by atoms with Crippen LogP contribution in [0.1, 0.15) is 10.4 Å². The molecule has 0 atom stereocenters. The topological polar surface area (TPSA) is 66.4 Å². The average molecular weight is 397 g/mol. The second-order valence-corrected chi connectivity index (χ2v) is 8.59. The maximum absolute atomic E-state index is 12.2. The zero-order valence-corrected chi connectivity index (χ0v) is 14.1. The lowest BCUT2D eigenvalue weighted by atomic mass is 10.2. The molecule has 2 N–H and O–H groups in total. The van der Waals surface area contributed by atoms with Crippen LogP contribution in [-0.2, 0) is 23.2 Å². The molecule has 1 heterocycles. The summed E-state index contributed by atoms with van der Waals surface area (Å²) in [5.74, 6) is 0. The van der Waals surface area contributed by atoms with Gasteiger partial charge in [0.25, 0.3) is 0 Å². The standard InChI is InChI=1S/C12H11BrClNO3S2/c13-12-11(5-10(7-16)19-12)20(17,18)15-6-8-1-3-9(14)4-2-8/h1-5,15-16H,6-7H2. The summed E-state index contributed by atoms with van der Waals surface area (Å²) in [7, 11) is -3.62. The highest BCUT2D eigenvalue weighted by molar-refractivity contribution is 9.11. The zero-order valence-electron chi connectivity index (χ0n) is 10.1. The molecule has 20 heavy (non-hydrogen) atoms. The van der Waals surface area contributed by atoms with Crippen molar-refractivity contribution < 1.29 is 13.5 Å². The highest BCUT2D eigenvalue weighted by Gasteiger charge is 2.20. The molecule has 0 bridgehead atoms. The van der Waals surface area contributed by atoms with E-state index in [2.05, 4.69) is 20.7 Å². The van der Waals surface area contributed by atoms with Gasteiger partial charge in [-0.05, 0) is 39.7 Å². The first-order valence-electron chi connectivity index (χ1n) is 5.55. The van der Waals surface area contributed by atoms with Crippen LogP contribution in [-0.4, -0.2) is 13.5 Å². The van der Waals surface area contributed by atoms with Gasteiger partial charge < -0.3 is 5.11 Å². The Kier molecular flexibility index (Phi) is 5.22. The van der Waals surface area contributed by atoms with Crippen molar-refractivity contribution in [2.45, 2.75) is 18.0 Å². The Labute approximate surface area is 134 Å². The van der Waals surface area contributed by atoms with E-state index >= 15 is 0 Å². The van der Waals surface area contributed by atoms with E-state index in [0.717, 1.165) is 5.56 Å². The molecule has 0 fully saturated rings. The smallest absolute Gasteiger partial charge is 0.242 e. The van der Waals surface area contributed by atoms with E-state index in [0.29, 0.717) is 13.7 Å². The van der Waals surface area contributed by atoms with Crippen LogP contribution in [0.25, 0.3) is 0 Å². The Bertz CT molecular complexity index is 698. The molecule has 0 unspecified atom stereocenters. The Morgan fingerprint density at radius 2 is 1.95 bits per heavy atom. The highest BCUT2D eigenvalue weighted by Crippen LogP contribution is 2.31. The van der Waals surface area contributed by atoms with Gasteiger partial charge in [0.1, 0.15) is 4.90 Å². The SMILES string of the molecule is O=S(=O)(NCc1ccc(Cl)cc1)c1cc(CO)sc1Br. The predicted molar refractivity (Wildman–Crippen MR) is 83.4 cm³/mol. The van der Waals surface area contributed by atoms with Gasteiger partial charge in [0, 0.05) is 16.4 Å². The number of hydrogen-bond donors (Lipinski definition) is 2. The van der Waals surface area contributed by atoms with Crippen molar-refractivity contribution in [1.29, 1.82) is 0 Å². The van der Waals surface area contributed by atoms with Crippen molar-refractivity contribution in [2.75, 3.05) is 0 Å². The number of nitrogens with one attached hydrogen (secondary N) is 1. The highest BCUT2D eigenvalue weighted by atomic mass is 79.9. The van der Waals surface area contributed by atoms with E-state index in [1.165, 1.54) is 17.4 Å². The van der Waals surface area contributed by atoms with Crippen molar-refractivity contribution in [2.24, 2.45) is 0 Å². The second-order valence-electron chi connectivity index (χ2n) is 3.96. The van der Waals surface area contributed by atoms with Gasteiger partial charge in [-0.2, -0.15) is 0 Å². The van der Waals surface area contributed by atoms with Crippen LogP contribution in [0.3, 0.4) is 0 Å². The molecule has 0 spiro atoms. The predicted octanol–water partition coefficient (Wildman–Crippen LogP) is 3.13. The third kappa shape index (κ3) is 3.81. The Balaban J connectivity index is 2.14. The molecule has 108 valence electrons. The summed E-state index contributed by atoms with van der Waals surface area (Å²) in [6.07, 6.45) is 0. The minimum Gasteiger partial charge on any atom is -0.391 e. The monoisotopic (exact) mass is 395 g/mol. The van der Waals surface area contributed by atoms with Crippen molar-refractivity contribution in [3.63, 3.8) is 0 Å². The molecule has 8 heteroatoms. The fourth-order valence-corrected chi connectivity index (χ4v) is 5.20. The molecular formula is C12H11BrClNO3S2. The van der Waals surface area contributed by atoms with Crippen LogP contribution in [0.15, 0.2) is 39.0 Å². The lowest BCUT2D eigenvalue weighted by Crippen LogP contribution is -2.23. The van der Waals surface area contributed by atoms with Crippen LogP contribution in [0.2, 0.25) is 5.02 Å². The Morgan fingerprint density at radius 1 is 1.30 bits per heavy atom. The van der Waals surface area contributed by atoms with Crippen LogP contribution < -0.4 is 4.72 Å². The van der Waals surface area contributed by atoms with Gasteiger partial charge >= 0.3 is 0 Å². The van der Waals surface area contributed by atoms with Gasteiger partial charge in [0.05, 0.1) is 10.4 Å². The van der Waals surface area contributed by atoms with Crippen LogP contribution in [0.5, 0.6) is 0 Å². The molecule has 2 rings (SSSR count). The number of benzene rings is 1. The molecule has 0 aliphatic heterocycles. The first-order valence-corrected chi connectivity index (χ1v) is 9.02. The number of sulfonamides is 1. The fourth-order valence-electron chi connectivity index (χ4n) is 1.52. The quantitative estimate of drug-likeness (QED) is 0.816. The number of halogens is 2. The number of aliphatic hydroxyl groups is 1. The van der Waals surface area contributed by atoms with Crippen molar-refractivity contribution >= 4 is 48.9 Å². The average Bonchev–Trinajstić information content (AvgIpc) is 2.80. The minimum atomic E-state index is -3.62. The summed E-state index contributed by atoms with van der Waals surface area (Å²) >= 11 is 10.2. The van der Waals surface area contributed by atoms with E-state index in [1.54, 1.807) is 24.3 Å². The van der Waals surface area contributed by atoms with Gasteiger partial charge in [-0.1, -0.05) is 23.7 Å². The van der Waals surface area contributed by atoms with Crippen LogP contribution >= 0.6 is 38.9 Å². The number of hydrogen-bond acceptors (Lipinski definition) is 4. The Hall–Kier alpha value is -0.440. The fraction of sp³-hybridized carbons (Fsp3) is 0.167. The normalized spacial score (nSPS) is 11.8. The molecule has 0 aliphatic carbocycles. The summed E-state index contributed by atoms with van der Waals surface area (Å²) in [5.41, 5.74) is 0.812. The van der Waals surface area contributed by atoms with E-state index in [1.807, 2.05) is 0 Å². The largest absolute Gasteiger partial charge is 0.391 e. The maximum Gasteiger partial charge on any atom is 0.242 e. The molecule has 0 aliphatic rings. The summed E-state index contributed by atoms with van der Waals surface area (Å²) < 4.78 is 27.4. The van der Waals surface area contributed by atoms with Gasteiger partial charge in [0.15, 0.2) is 0 Å².